The molecule has 1 atom stereocenters. The lowest BCUT2D eigenvalue weighted by molar-refractivity contribution is -0.123. The fourth-order valence-electron chi connectivity index (χ4n) is 4.18. The van der Waals surface area contributed by atoms with Crippen molar-refractivity contribution in [2.45, 2.75) is 6.42 Å². The van der Waals surface area contributed by atoms with E-state index in [1.54, 1.807) is 25.3 Å². The van der Waals surface area contributed by atoms with Crippen molar-refractivity contribution in [3.05, 3.63) is 70.6 Å². The molecule has 1 N–H and O–H groups in total. The second-order valence-electron chi connectivity index (χ2n) is 8.03. The number of fused-ring (bicyclic) bond motifs is 1. The van der Waals surface area contributed by atoms with Gasteiger partial charge in [-0.1, -0.05) is 30.3 Å². The molecule has 0 radical (unpaired) electrons. The molecule has 1 saturated heterocycles. The minimum Gasteiger partial charge on any atom is -0.497 e. The van der Waals surface area contributed by atoms with E-state index in [2.05, 4.69) is 10.4 Å². The predicted molar refractivity (Wildman–Crippen MR) is 134 cm³/mol. The van der Waals surface area contributed by atoms with Gasteiger partial charge < -0.3 is 14.4 Å². The highest BCUT2D eigenvalue weighted by atomic mass is 32.1. The summed E-state index contributed by atoms with van der Waals surface area (Å²) in [5.41, 5.74) is 4.47. The van der Waals surface area contributed by atoms with E-state index in [-0.39, 0.29) is 24.4 Å². The third-order valence-electron chi connectivity index (χ3n) is 5.98. The van der Waals surface area contributed by atoms with Gasteiger partial charge >= 0.3 is 0 Å². The Balaban J connectivity index is 1.39. The van der Waals surface area contributed by atoms with Gasteiger partial charge in [0.2, 0.25) is 11.8 Å². The first-order valence-electron chi connectivity index (χ1n) is 10.9. The Kier molecular flexibility index (Phi) is 5.96. The van der Waals surface area contributed by atoms with Crippen molar-refractivity contribution < 1.29 is 19.1 Å². The number of carbonyl (C=O) groups excluding carboxylic acids is 2. The fourth-order valence-corrected chi connectivity index (χ4v) is 5.08. The summed E-state index contributed by atoms with van der Waals surface area (Å²) < 4.78 is 11.7. The topological polar surface area (TPSA) is 103 Å². The molecule has 1 aliphatic heterocycles. The average Bonchev–Trinajstić information content (AvgIpc) is 3.50. The second-order valence-corrected chi connectivity index (χ2v) is 8.89. The van der Waals surface area contributed by atoms with E-state index in [4.69, 9.17) is 9.47 Å². The molecule has 0 aliphatic carbocycles. The van der Waals surface area contributed by atoms with Crippen LogP contribution in [-0.4, -0.2) is 42.2 Å². The van der Waals surface area contributed by atoms with E-state index < -0.39 is 11.8 Å². The second kappa shape index (κ2) is 9.22. The fraction of sp³-hybridized carbons (Fsp3) is 0.200. The average molecular weight is 491 g/mol. The largest absolute Gasteiger partial charge is 0.497 e. The molecule has 2 aromatic carbocycles. The minimum absolute atomic E-state index is 0.0131. The predicted octanol–water partition coefficient (Wildman–Crippen LogP) is 3.27. The van der Waals surface area contributed by atoms with Crippen LogP contribution in [0.5, 0.6) is 11.5 Å². The SMILES string of the molecule is COc1ccc(N2C[C@H](C(=O)Nn3cnc4scc(-c5ccccc5)c4c3=O)CC2=O)c(OC)c1. The summed E-state index contributed by atoms with van der Waals surface area (Å²) in [6.45, 7) is 0.158. The summed E-state index contributed by atoms with van der Waals surface area (Å²) in [4.78, 5) is 45.5. The summed E-state index contributed by atoms with van der Waals surface area (Å²) in [6.07, 6.45) is 1.31. The van der Waals surface area contributed by atoms with Crippen molar-refractivity contribution >= 4 is 39.1 Å². The lowest BCUT2D eigenvalue weighted by Gasteiger charge is -2.20. The van der Waals surface area contributed by atoms with Gasteiger partial charge in [0.05, 0.1) is 31.2 Å². The monoisotopic (exact) mass is 490 g/mol. The van der Waals surface area contributed by atoms with E-state index in [9.17, 15) is 14.4 Å². The molecule has 0 unspecified atom stereocenters. The molecule has 3 heterocycles. The highest BCUT2D eigenvalue weighted by Gasteiger charge is 2.36. The third kappa shape index (κ3) is 4.12. The zero-order chi connectivity index (χ0) is 24.5. The molecule has 2 amide bonds. The number of methoxy groups -OCH3 is 2. The summed E-state index contributed by atoms with van der Waals surface area (Å²) in [6, 6.07) is 14.7. The van der Waals surface area contributed by atoms with Gasteiger partial charge in [-0.15, -0.1) is 11.3 Å². The summed E-state index contributed by atoms with van der Waals surface area (Å²) >= 11 is 1.37. The Morgan fingerprint density at radius 3 is 2.66 bits per heavy atom. The van der Waals surface area contributed by atoms with Crippen molar-refractivity contribution in [3.8, 4) is 22.6 Å². The maximum absolute atomic E-state index is 13.2. The molecule has 1 fully saturated rings. The molecule has 9 nitrogen and oxygen atoms in total. The minimum atomic E-state index is -0.645. The van der Waals surface area contributed by atoms with E-state index in [1.807, 2.05) is 35.7 Å². The highest BCUT2D eigenvalue weighted by molar-refractivity contribution is 7.17. The van der Waals surface area contributed by atoms with E-state index in [0.29, 0.717) is 27.4 Å². The molecule has 35 heavy (non-hydrogen) atoms. The van der Waals surface area contributed by atoms with Crippen molar-refractivity contribution in [3.63, 3.8) is 0 Å². The van der Waals surface area contributed by atoms with Crippen LogP contribution < -0.4 is 25.4 Å². The van der Waals surface area contributed by atoms with E-state index >= 15 is 0 Å². The molecule has 2 aromatic heterocycles. The van der Waals surface area contributed by atoms with Crippen LogP contribution in [0.4, 0.5) is 5.69 Å². The molecule has 0 spiro atoms. The number of carbonyl (C=O) groups is 2. The number of nitrogens with zero attached hydrogens (tertiary/aromatic N) is 3. The zero-order valence-corrected chi connectivity index (χ0v) is 19.9. The molecular weight excluding hydrogens is 468 g/mol. The normalized spacial score (nSPS) is 15.4. The van der Waals surface area contributed by atoms with Gasteiger partial charge in [0.25, 0.3) is 5.56 Å². The van der Waals surface area contributed by atoms with Crippen molar-refractivity contribution in [1.82, 2.24) is 9.66 Å². The molecule has 4 aromatic rings. The Labute approximate surface area is 204 Å². The van der Waals surface area contributed by atoms with Crippen LogP contribution in [0.15, 0.2) is 65.0 Å². The lowest BCUT2D eigenvalue weighted by atomic mass is 10.1. The number of amides is 2. The van der Waals surface area contributed by atoms with Gasteiger partial charge in [0, 0.05) is 30.0 Å². The standard InChI is InChI=1S/C25H22N4O5S/c1-33-17-8-9-19(20(11-17)34-2)28-12-16(10-21(28)30)23(31)27-29-14-26-24-22(25(29)32)18(13-35-24)15-6-4-3-5-7-15/h3-9,11,13-14,16H,10,12H2,1-2H3,(H,27,31)/t16-/m1/s1. The Hall–Kier alpha value is -4.18. The maximum Gasteiger partial charge on any atom is 0.281 e. The van der Waals surface area contributed by atoms with Crippen LogP contribution >= 0.6 is 11.3 Å². The van der Waals surface area contributed by atoms with Crippen LogP contribution in [0.3, 0.4) is 0 Å². The van der Waals surface area contributed by atoms with Crippen LogP contribution in [0.2, 0.25) is 0 Å². The smallest absolute Gasteiger partial charge is 0.281 e. The number of nitrogens with one attached hydrogen (secondary N) is 1. The van der Waals surface area contributed by atoms with Gasteiger partial charge in [0.15, 0.2) is 0 Å². The molecule has 178 valence electrons. The summed E-state index contributed by atoms with van der Waals surface area (Å²) in [7, 11) is 3.05. The first-order chi connectivity index (χ1) is 17.0. The van der Waals surface area contributed by atoms with E-state index in [0.717, 1.165) is 15.8 Å². The quantitative estimate of drug-likeness (QED) is 0.445. The molecule has 10 heteroatoms. The molecule has 1 aliphatic rings. The molecule has 0 saturated carbocycles. The van der Waals surface area contributed by atoms with Gasteiger partial charge in [-0.2, -0.15) is 0 Å². The van der Waals surface area contributed by atoms with Crippen molar-refractivity contribution in [1.29, 1.82) is 0 Å². The number of anilines is 1. The Morgan fingerprint density at radius 2 is 1.91 bits per heavy atom. The van der Waals surface area contributed by atoms with Crippen LogP contribution in [0, 0.1) is 5.92 Å². The van der Waals surface area contributed by atoms with Crippen molar-refractivity contribution in [2.75, 3.05) is 31.1 Å². The van der Waals surface area contributed by atoms with Gasteiger partial charge in [-0.25, -0.2) is 9.66 Å². The number of ether oxygens (including phenoxy) is 2. The summed E-state index contributed by atoms with van der Waals surface area (Å²) in [5, 5.41) is 2.33. The maximum atomic E-state index is 13.2. The lowest BCUT2D eigenvalue weighted by Crippen LogP contribution is -2.37. The number of rotatable bonds is 6. The van der Waals surface area contributed by atoms with Gasteiger partial charge in [0.1, 0.15) is 22.7 Å². The van der Waals surface area contributed by atoms with Crippen molar-refractivity contribution in [2.24, 2.45) is 5.92 Å². The van der Waals surface area contributed by atoms with Crippen LogP contribution in [0.25, 0.3) is 21.3 Å². The number of benzene rings is 2. The molecular formula is C25H22N4O5S. The number of hydrogen-bond acceptors (Lipinski definition) is 7. The Morgan fingerprint density at radius 1 is 1.11 bits per heavy atom. The first-order valence-corrected chi connectivity index (χ1v) is 11.8. The first kappa shape index (κ1) is 22.6. The molecule has 0 bridgehead atoms. The summed E-state index contributed by atoms with van der Waals surface area (Å²) in [5.74, 6) is -0.229. The van der Waals surface area contributed by atoms with Crippen LogP contribution in [-0.2, 0) is 9.59 Å². The van der Waals surface area contributed by atoms with Gasteiger partial charge in [-0.3, -0.25) is 19.8 Å². The van der Waals surface area contributed by atoms with E-state index in [1.165, 1.54) is 29.7 Å². The number of hydrogen-bond donors (Lipinski definition) is 1. The number of aromatic nitrogens is 2. The molecule has 5 rings (SSSR count). The van der Waals surface area contributed by atoms with Gasteiger partial charge in [-0.05, 0) is 17.7 Å². The number of thiophene rings is 1. The van der Waals surface area contributed by atoms with Crippen LogP contribution in [0.1, 0.15) is 6.42 Å². The third-order valence-corrected chi connectivity index (χ3v) is 6.87. The zero-order valence-electron chi connectivity index (χ0n) is 19.1. The Bertz CT molecular complexity index is 1480. The highest BCUT2D eigenvalue weighted by Crippen LogP contribution is 2.36.